The van der Waals surface area contributed by atoms with Gasteiger partial charge in [0.05, 0.1) is 16.1 Å². The molecule has 3 aromatic rings. The number of alkyl halides is 3. The molecular formula is C17H15ClF3N7O2. The number of carbonyl (C=O) groups is 1. The molecule has 1 N–H and O–H groups in total. The molecule has 0 aliphatic carbocycles. The average molecular weight is 442 g/mol. The number of nitrogens with one attached hydrogen (secondary N) is 1. The van der Waals surface area contributed by atoms with Gasteiger partial charge < -0.3 is 0 Å². The highest BCUT2D eigenvalue weighted by Gasteiger charge is 2.35. The van der Waals surface area contributed by atoms with Crippen LogP contribution in [0.1, 0.15) is 29.4 Å². The van der Waals surface area contributed by atoms with Crippen LogP contribution < -0.4 is 10.9 Å². The van der Waals surface area contributed by atoms with Crippen LogP contribution in [0.15, 0.2) is 29.1 Å². The van der Waals surface area contributed by atoms with E-state index in [-0.39, 0.29) is 5.95 Å². The highest BCUT2D eigenvalue weighted by molar-refractivity contribution is 6.36. The Hall–Kier alpha value is -3.28. The molecule has 0 atom stereocenters. The number of amides is 1. The molecule has 0 unspecified atom stereocenters. The maximum Gasteiger partial charge on any atom is 0.417 e. The van der Waals surface area contributed by atoms with Crippen LogP contribution in [0.25, 0.3) is 11.1 Å². The van der Waals surface area contributed by atoms with E-state index >= 15 is 0 Å². The van der Waals surface area contributed by atoms with Gasteiger partial charge >= 0.3 is 6.18 Å². The maximum atomic E-state index is 13.5. The third-order valence-corrected chi connectivity index (χ3v) is 4.46. The number of carbonyl (C=O) groups excluding carboxylic acids is 1. The summed E-state index contributed by atoms with van der Waals surface area (Å²) in [5.41, 5.74) is -3.34. The van der Waals surface area contributed by atoms with Gasteiger partial charge in [0.25, 0.3) is 11.5 Å². The standard InChI is InChI=1S/C17H15ClF3N7O2/c1-3-8-28-16(23-25-26-28)22-14(29)13-12(18)11(15(30)27(2)24-13)9-6-4-5-7-10(9)17(19,20)21/h4-7H,3,8H2,1-2H3,(H,22,23,26,29). The second kappa shape index (κ2) is 8.22. The summed E-state index contributed by atoms with van der Waals surface area (Å²) in [6.45, 7) is 2.30. The first-order valence-corrected chi connectivity index (χ1v) is 9.03. The number of benzene rings is 1. The molecule has 0 saturated heterocycles. The van der Waals surface area contributed by atoms with Gasteiger partial charge in [-0.3, -0.25) is 14.9 Å². The number of rotatable bonds is 5. The van der Waals surface area contributed by atoms with Crippen LogP contribution in [0, 0.1) is 0 Å². The molecule has 13 heteroatoms. The minimum Gasteiger partial charge on any atom is -0.288 e. The number of tetrazole rings is 1. The van der Waals surface area contributed by atoms with E-state index in [1.165, 1.54) is 23.9 Å². The van der Waals surface area contributed by atoms with Gasteiger partial charge in [0.15, 0.2) is 5.69 Å². The molecule has 0 saturated carbocycles. The van der Waals surface area contributed by atoms with Crippen LogP contribution in [-0.4, -0.2) is 35.9 Å². The summed E-state index contributed by atoms with van der Waals surface area (Å²) < 4.78 is 42.4. The van der Waals surface area contributed by atoms with Crippen molar-refractivity contribution in [2.45, 2.75) is 26.1 Å². The number of hydrogen-bond acceptors (Lipinski definition) is 6. The fraction of sp³-hybridized carbons (Fsp3) is 0.294. The Morgan fingerprint density at radius 2 is 1.97 bits per heavy atom. The van der Waals surface area contributed by atoms with E-state index in [0.717, 1.165) is 16.8 Å². The van der Waals surface area contributed by atoms with Crippen molar-refractivity contribution in [3.63, 3.8) is 0 Å². The monoisotopic (exact) mass is 441 g/mol. The van der Waals surface area contributed by atoms with Gasteiger partial charge in [-0.15, -0.1) is 0 Å². The minimum absolute atomic E-state index is 0.00538. The number of anilines is 1. The van der Waals surface area contributed by atoms with Crippen molar-refractivity contribution in [3.05, 3.63) is 50.9 Å². The summed E-state index contributed by atoms with van der Waals surface area (Å²) >= 11 is 6.22. The highest BCUT2D eigenvalue weighted by Crippen LogP contribution is 2.38. The summed E-state index contributed by atoms with van der Waals surface area (Å²) in [5, 5.41) is 16.6. The second-order valence-electron chi connectivity index (χ2n) is 6.19. The number of hydrogen-bond donors (Lipinski definition) is 1. The topological polar surface area (TPSA) is 108 Å². The predicted molar refractivity (Wildman–Crippen MR) is 101 cm³/mol. The smallest absolute Gasteiger partial charge is 0.288 e. The lowest BCUT2D eigenvalue weighted by Gasteiger charge is -2.15. The van der Waals surface area contributed by atoms with Crippen LogP contribution >= 0.6 is 11.6 Å². The van der Waals surface area contributed by atoms with Gasteiger partial charge in [-0.2, -0.15) is 18.3 Å². The molecule has 1 amide bonds. The summed E-state index contributed by atoms with van der Waals surface area (Å²) in [5.74, 6) is -0.876. The minimum atomic E-state index is -4.74. The van der Waals surface area contributed by atoms with E-state index in [1.807, 2.05) is 6.92 Å². The normalized spacial score (nSPS) is 11.5. The lowest BCUT2D eigenvalue weighted by molar-refractivity contribution is -0.137. The van der Waals surface area contributed by atoms with Crippen molar-refractivity contribution in [1.82, 2.24) is 30.0 Å². The van der Waals surface area contributed by atoms with E-state index < -0.39 is 45.0 Å². The van der Waals surface area contributed by atoms with Crippen LogP contribution in [0.2, 0.25) is 5.02 Å². The number of aromatic nitrogens is 6. The molecule has 0 radical (unpaired) electrons. The van der Waals surface area contributed by atoms with Crippen molar-refractivity contribution in [1.29, 1.82) is 0 Å². The van der Waals surface area contributed by atoms with Crippen LogP contribution in [0.3, 0.4) is 0 Å². The third-order valence-electron chi connectivity index (χ3n) is 4.09. The van der Waals surface area contributed by atoms with Crippen LogP contribution in [0.4, 0.5) is 19.1 Å². The molecule has 158 valence electrons. The fourth-order valence-corrected chi connectivity index (χ4v) is 3.06. The number of nitrogens with zero attached hydrogens (tertiary/aromatic N) is 6. The van der Waals surface area contributed by atoms with Gasteiger partial charge in [0.2, 0.25) is 5.95 Å². The summed E-state index contributed by atoms with van der Waals surface area (Å²) in [4.78, 5) is 25.3. The average Bonchev–Trinajstić information content (AvgIpc) is 3.11. The van der Waals surface area contributed by atoms with E-state index in [0.29, 0.717) is 13.0 Å². The fourth-order valence-electron chi connectivity index (χ4n) is 2.76. The second-order valence-corrected chi connectivity index (χ2v) is 6.57. The van der Waals surface area contributed by atoms with Crippen molar-refractivity contribution in [2.24, 2.45) is 7.05 Å². The predicted octanol–water partition coefficient (Wildman–Crippen LogP) is 2.77. The lowest BCUT2D eigenvalue weighted by atomic mass is 10.00. The molecule has 0 spiro atoms. The molecule has 1 aromatic carbocycles. The third kappa shape index (κ3) is 4.03. The molecule has 0 aliphatic heterocycles. The molecule has 2 heterocycles. The quantitative estimate of drug-likeness (QED) is 0.652. The Balaban J connectivity index is 2.13. The van der Waals surface area contributed by atoms with E-state index in [4.69, 9.17) is 11.6 Å². The Bertz CT molecular complexity index is 1160. The zero-order chi connectivity index (χ0) is 22.1. The zero-order valence-electron chi connectivity index (χ0n) is 15.7. The number of aryl methyl sites for hydroxylation is 2. The van der Waals surface area contributed by atoms with Crippen LogP contribution in [0.5, 0.6) is 0 Å². The highest BCUT2D eigenvalue weighted by atomic mass is 35.5. The SMILES string of the molecule is CCCn1nnnc1NC(=O)c1nn(C)c(=O)c(-c2ccccc2C(F)(F)F)c1Cl. The first-order valence-electron chi connectivity index (χ1n) is 8.66. The van der Waals surface area contributed by atoms with Gasteiger partial charge in [-0.1, -0.05) is 41.8 Å². The first kappa shape index (κ1) is 21.4. The van der Waals surface area contributed by atoms with E-state index in [9.17, 15) is 22.8 Å². The summed E-state index contributed by atoms with van der Waals surface area (Å²) in [7, 11) is 1.20. The largest absolute Gasteiger partial charge is 0.417 e. The Labute approximate surface area is 172 Å². The Kier molecular flexibility index (Phi) is 5.87. The van der Waals surface area contributed by atoms with Gasteiger partial charge in [0, 0.05) is 19.2 Å². The molecule has 0 aliphatic rings. The molecule has 9 nitrogen and oxygen atoms in total. The van der Waals surface area contributed by atoms with E-state index in [2.05, 4.69) is 25.9 Å². The van der Waals surface area contributed by atoms with Gasteiger partial charge in [0.1, 0.15) is 0 Å². The molecule has 0 bridgehead atoms. The van der Waals surface area contributed by atoms with Gasteiger partial charge in [-0.05, 0) is 22.9 Å². The molecule has 2 aromatic heterocycles. The maximum absolute atomic E-state index is 13.5. The lowest BCUT2D eigenvalue weighted by Crippen LogP contribution is -2.28. The summed E-state index contributed by atoms with van der Waals surface area (Å²) in [6, 6.07) is 4.45. The van der Waals surface area contributed by atoms with Crippen molar-refractivity contribution < 1.29 is 18.0 Å². The first-order chi connectivity index (χ1) is 14.1. The number of halogens is 4. The molecule has 0 fully saturated rings. The molecule has 3 rings (SSSR count). The van der Waals surface area contributed by atoms with Gasteiger partial charge in [-0.25, -0.2) is 9.36 Å². The van der Waals surface area contributed by atoms with Crippen molar-refractivity contribution in [2.75, 3.05) is 5.32 Å². The van der Waals surface area contributed by atoms with E-state index in [1.54, 1.807) is 0 Å². The zero-order valence-corrected chi connectivity index (χ0v) is 16.5. The Morgan fingerprint density at radius 3 is 2.63 bits per heavy atom. The molecular weight excluding hydrogens is 427 g/mol. The van der Waals surface area contributed by atoms with Crippen LogP contribution in [-0.2, 0) is 19.8 Å². The molecule has 30 heavy (non-hydrogen) atoms. The summed E-state index contributed by atoms with van der Waals surface area (Å²) in [6.07, 6.45) is -4.05. The van der Waals surface area contributed by atoms with Crippen molar-refractivity contribution >= 4 is 23.5 Å². The van der Waals surface area contributed by atoms with Crippen molar-refractivity contribution in [3.8, 4) is 11.1 Å². The Morgan fingerprint density at radius 1 is 1.27 bits per heavy atom.